The van der Waals surface area contributed by atoms with Gasteiger partial charge in [-0.25, -0.2) is 4.68 Å². The Bertz CT molecular complexity index is 980. The molecule has 7 nitrogen and oxygen atoms in total. The molecule has 0 aliphatic carbocycles. The standard InChI is InChI=1S/C18H23N5O2S/c1-5-8-19-14(24)11-22-17(25)16-12(10-20-23(16)18(2,3)4)15(21-22)13-7-6-9-26-13/h6-7,9-10H,5,8,11H2,1-4H3,(H,19,24). The summed E-state index contributed by atoms with van der Waals surface area (Å²) in [4.78, 5) is 26.1. The molecule has 8 heteroatoms. The number of thiophene rings is 1. The van der Waals surface area contributed by atoms with Gasteiger partial charge >= 0.3 is 0 Å². The molecular formula is C18H23N5O2S. The Balaban J connectivity index is 2.20. The van der Waals surface area contributed by atoms with Crippen molar-refractivity contribution >= 4 is 28.1 Å². The molecule has 0 saturated heterocycles. The fourth-order valence-electron chi connectivity index (χ4n) is 2.74. The molecule has 0 aromatic carbocycles. The molecule has 3 aromatic heterocycles. The smallest absolute Gasteiger partial charge is 0.293 e. The van der Waals surface area contributed by atoms with Crippen LogP contribution in [0, 0.1) is 0 Å². The third-order valence-electron chi connectivity index (χ3n) is 3.94. The van der Waals surface area contributed by atoms with Crippen LogP contribution < -0.4 is 10.9 Å². The lowest BCUT2D eigenvalue weighted by Gasteiger charge is -2.20. The third kappa shape index (κ3) is 3.41. The second-order valence-electron chi connectivity index (χ2n) is 7.13. The van der Waals surface area contributed by atoms with Crippen LogP contribution in [0.1, 0.15) is 34.1 Å². The van der Waals surface area contributed by atoms with Gasteiger partial charge in [-0.3, -0.25) is 14.3 Å². The predicted molar refractivity (Wildman–Crippen MR) is 103 cm³/mol. The van der Waals surface area contributed by atoms with Crippen LogP contribution in [-0.2, 0) is 16.9 Å². The number of aromatic nitrogens is 4. The molecule has 0 saturated carbocycles. The Labute approximate surface area is 155 Å². The van der Waals surface area contributed by atoms with Crippen molar-refractivity contribution in [3.8, 4) is 10.6 Å². The normalized spacial score (nSPS) is 11.8. The third-order valence-corrected chi connectivity index (χ3v) is 4.81. The molecule has 3 aromatic rings. The quantitative estimate of drug-likeness (QED) is 0.745. The molecule has 1 N–H and O–H groups in total. The van der Waals surface area contributed by atoms with E-state index in [-0.39, 0.29) is 23.6 Å². The molecule has 1 amide bonds. The average Bonchev–Trinajstić information content (AvgIpc) is 3.24. The van der Waals surface area contributed by atoms with Gasteiger partial charge in [0.25, 0.3) is 5.56 Å². The summed E-state index contributed by atoms with van der Waals surface area (Å²) in [6, 6.07) is 3.89. The van der Waals surface area contributed by atoms with Gasteiger partial charge in [-0.1, -0.05) is 13.0 Å². The number of nitrogens with one attached hydrogen (secondary N) is 1. The lowest BCUT2D eigenvalue weighted by Crippen LogP contribution is -2.36. The van der Waals surface area contributed by atoms with Crippen LogP contribution in [0.3, 0.4) is 0 Å². The maximum absolute atomic E-state index is 13.1. The molecule has 3 heterocycles. The first kappa shape index (κ1) is 18.3. The fraction of sp³-hybridized carbons (Fsp3) is 0.444. The molecule has 138 valence electrons. The van der Waals surface area contributed by atoms with Crippen LogP contribution >= 0.6 is 11.3 Å². The molecule has 0 fully saturated rings. The summed E-state index contributed by atoms with van der Waals surface area (Å²) in [5.41, 5.74) is 0.476. The SMILES string of the molecule is CCCNC(=O)Cn1nc(-c2cccs2)c2cnn(C(C)(C)C)c2c1=O. The first-order valence-corrected chi connectivity index (χ1v) is 9.50. The Morgan fingerprint density at radius 3 is 2.73 bits per heavy atom. The molecule has 0 bridgehead atoms. The van der Waals surface area contributed by atoms with Gasteiger partial charge in [-0.15, -0.1) is 11.3 Å². The van der Waals surface area contributed by atoms with E-state index in [1.807, 2.05) is 45.2 Å². The molecule has 0 aliphatic rings. The van der Waals surface area contributed by atoms with Crippen LogP contribution in [0.4, 0.5) is 0 Å². The van der Waals surface area contributed by atoms with Crippen molar-refractivity contribution in [1.29, 1.82) is 0 Å². The highest BCUT2D eigenvalue weighted by atomic mass is 32.1. The topological polar surface area (TPSA) is 81.8 Å². The van der Waals surface area contributed by atoms with Crippen molar-refractivity contribution in [2.45, 2.75) is 46.2 Å². The van der Waals surface area contributed by atoms with Crippen molar-refractivity contribution < 1.29 is 4.79 Å². The van der Waals surface area contributed by atoms with Crippen molar-refractivity contribution in [3.05, 3.63) is 34.1 Å². The molecule has 0 spiro atoms. The second kappa shape index (κ2) is 7.03. The minimum atomic E-state index is -0.364. The summed E-state index contributed by atoms with van der Waals surface area (Å²) in [7, 11) is 0. The molecule has 3 rings (SSSR count). The van der Waals surface area contributed by atoms with Crippen LogP contribution in [0.25, 0.3) is 21.5 Å². The lowest BCUT2D eigenvalue weighted by molar-refractivity contribution is -0.121. The zero-order valence-corrected chi connectivity index (χ0v) is 16.3. The van der Waals surface area contributed by atoms with E-state index in [2.05, 4.69) is 15.5 Å². The lowest BCUT2D eigenvalue weighted by atomic mass is 10.1. The van der Waals surface area contributed by atoms with E-state index < -0.39 is 0 Å². The Morgan fingerprint density at radius 1 is 1.35 bits per heavy atom. The number of hydrogen-bond acceptors (Lipinski definition) is 5. The zero-order valence-electron chi connectivity index (χ0n) is 15.4. The first-order valence-electron chi connectivity index (χ1n) is 8.63. The molecule has 0 radical (unpaired) electrons. The zero-order chi connectivity index (χ0) is 18.9. The second-order valence-corrected chi connectivity index (χ2v) is 8.08. The summed E-state index contributed by atoms with van der Waals surface area (Å²) < 4.78 is 2.95. The number of fused-ring (bicyclic) bond motifs is 1. The van der Waals surface area contributed by atoms with Crippen molar-refractivity contribution in [3.63, 3.8) is 0 Å². The largest absolute Gasteiger partial charge is 0.355 e. The van der Waals surface area contributed by atoms with Gasteiger partial charge in [0.2, 0.25) is 5.91 Å². The molecule has 0 atom stereocenters. The maximum Gasteiger partial charge on any atom is 0.293 e. The minimum absolute atomic E-state index is 0.109. The van der Waals surface area contributed by atoms with E-state index in [1.54, 1.807) is 10.9 Å². The van der Waals surface area contributed by atoms with E-state index in [4.69, 9.17) is 0 Å². The highest BCUT2D eigenvalue weighted by Gasteiger charge is 2.24. The maximum atomic E-state index is 13.1. The number of rotatable bonds is 5. The predicted octanol–water partition coefficient (Wildman–Crippen LogP) is 2.60. The highest BCUT2D eigenvalue weighted by molar-refractivity contribution is 7.13. The van der Waals surface area contributed by atoms with E-state index in [9.17, 15) is 9.59 Å². The van der Waals surface area contributed by atoms with E-state index in [0.29, 0.717) is 23.1 Å². The van der Waals surface area contributed by atoms with Gasteiger partial charge in [0.05, 0.1) is 22.0 Å². The molecule has 26 heavy (non-hydrogen) atoms. The summed E-state index contributed by atoms with van der Waals surface area (Å²) in [5, 5.41) is 14.4. The Kier molecular flexibility index (Phi) is 4.95. The summed E-state index contributed by atoms with van der Waals surface area (Å²) in [5.74, 6) is -0.222. The number of carbonyl (C=O) groups is 1. The molecule has 0 unspecified atom stereocenters. The number of carbonyl (C=O) groups excluding carboxylic acids is 1. The van der Waals surface area contributed by atoms with Gasteiger partial charge in [0.1, 0.15) is 17.8 Å². The van der Waals surface area contributed by atoms with E-state index in [1.165, 1.54) is 16.0 Å². The van der Waals surface area contributed by atoms with Crippen molar-refractivity contribution in [2.24, 2.45) is 0 Å². The van der Waals surface area contributed by atoms with Gasteiger partial charge in [0, 0.05) is 6.54 Å². The number of nitrogens with zero attached hydrogens (tertiary/aromatic N) is 4. The van der Waals surface area contributed by atoms with Gasteiger partial charge < -0.3 is 5.32 Å². The van der Waals surface area contributed by atoms with Crippen LogP contribution in [0.5, 0.6) is 0 Å². The first-order chi connectivity index (χ1) is 12.3. The number of amides is 1. The molecular weight excluding hydrogens is 350 g/mol. The molecule has 0 aliphatic heterocycles. The van der Waals surface area contributed by atoms with Crippen LogP contribution in [0.2, 0.25) is 0 Å². The monoisotopic (exact) mass is 373 g/mol. The number of hydrogen-bond donors (Lipinski definition) is 1. The van der Waals surface area contributed by atoms with Gasteiger partial charge in [0.15, 0.2) is 0 Å². The Morgan fingerprint density at radius 2 is 2.12 bits per heavy atom. The Hall–Kier alpha value is -2.48. The summed E-state index contributed by atoms with van der Waals surface area (Å²) in [6.45, 7) is 8.41. The minimum Gasteiger partial charge on any atom is -0.355 e. The van der Waals surface area contributed by atoms with E-state index in [0.717, 1.165) is 11.3 Å². The fourth-order valence-corrected chi connectivity index (χ4v) is 3.46. The summed E-state index contributed by atoms with van der Waals surface area (Å²) in [6.07, 6.45) is 2.52. The van der Waals surface area contributed by atoms with Gasteiger partial charge in [-0.05, 0) is 38.6 Å². The summed E-state index contributed by atoms with van der Waals surface area (Å²) >= 11 is 1.54. The average molecular weight is 373 g/mol. The van der Waals surface area contributed by atoms with Crippen molar-refractivity contribution in [1.82, 2.24) is 24.9 Å². The van der Waals surface area contributed by atoms with Crippen LogP contribution in [-0.4, -0.2) is 32.0 Å². The van der Waals surface area contributed by atoms with Gasteiger partial charge in [-0.2, -0.15) is 10.2 Å². The van der Waals surface area contributed by atoms with Crippen LogP contribution in [0.15, 0.2) is 28.5 Å². The van der Waals surface area contributed by atoms with E-state index >= 15 is 0 Å². The van der Waals surface area contributed by atoms with Crippen molar-refractivity contribution in [2.75, 3.05) is 6.54 Å². The highest BCUT2D eigenvalue weighted by Crippen LogP contribution is 2.30.